The van der Waals surface area contributed by atoms with Gasteiger partial charge in [0.25, 0.3) is 0 Å². The van der Waals surface area contributed by atoms with Crippen LogP contribution in [0.3, 0.4) is 0 Å². The number of rotatable bonds is 6. The fraction of sp³-hybridized carbons (Fsp3) is 0.273. The van der Waals surface area contributed by atoms with Crippen LogP contribution in [0.4, 0.5) is 17.5 Å². The Morgan fingerprint density at radius 1 is 0.962 bits per heavy atom. The maximum atomic E-state index is 4.74. The van der Waals surface area contributed by atoms with E-state index >= 15 is 0 Å². The van der Waals surface area contributed by atoms with Crippen molar-refractivity contribution in [3.8, 4) is 0 Å². The molecule has 0 unspecified atom stereocenters. The normalized spacial score (nSPS) is 13.3. The van der Waals surface area contributed by atoms with Gasteiger partial charge in [0.2, 0.25) is 5.95 Å². The third kappa shape index (κ3) is 3.85. The first kappa shape index (κ1) is 16.6. The minimum absolute atomic E-state index is 0.783. The highest BCUT2D eigenvalue weighted by Crippen LogP contribution is 2.31. The highest BCUT2D eigenvalue weighted by molar-refractivity contribution is 5.64. The molecule has 0 atom stereocenters. The van der Waals surface area contributed by atoms with Gasteiger partial charge in [0, 0.05) is 25.0 Å². The third-order valence-electron chi connectivity index (χ3n) is 4.79. The predicted octanol–water partition coefficient (Wildman–Crippen LogP) is 4.61. The summed E-state index contributed by atoms with van der Waals surface area (Å²) >= 11 is 0. The summed E-state index contributed by atoms with van der Waals surface area (Å²) < 4.78 is 0. The fourth-order valence-corrected chi connectivity index (χ4v) is 3.47. The van der Waals surface area contributed by atoms with Crippen LogP contribution in [0.1, 0.15) is 24.0 Å². The van der Waals surface area contributed by atoms with Crippen molar-refractivity contribution in [3.05, 3.63) is 78.0 Å². The molecule has 1 N–H and O–H groups in total. The molecule has 1 aromatic heterocycles. The monoisotopic (exact) mass is 344 g/mol. The molecule has 1 aliphatic rings. The Hall–Kier alpha value is -2.88. The Bertz CT molecular complexity index is 848. The molecule has 0 bridgehead atoms. The van der Waals surface area contributed by atoms with Gasteiger partial charge < -0.3 is 10.2 Å². The smallest absolute Gasteiger partial charge is 0.231 e. The van der Waals surface area contributed by atoms with Gasteiger partial charge in [-0.15, -0.1) is 0 Å². The van der Waals surface area contributed by atoms with Gasteiger partial charge in [0.15, 0.2) is 0 Å². The number of aryl methyl sites for hydroxylation is 2. The zero-order valence-corrected chi connectivity index (χ0v) is 14.9. The molecule has 2 heterocycles. The second-order valence-corrected chi connectivity index (χ2v) is 6.64. The molecule has 0 fully saturated rings. The van der Waals surface area contributed by atoms with Crippen LogP contribution in [0.2, 0.25) is 0 Å². The number of fused-ring (bicyclic) bond motifs is 1. The number of para-hydroxylation sites is 1. The van der Waals surface area contributed by atoms with E-state index in [1.165, 1.54) is 16.8 Å². The summed E-state index contributed by atoms with van der Waals surface area (Å²) in [7, 11) is 0. The van der Waals surface area contributed by atoms with Gasteiger partial charge in [0.1, 0.15) is 5.82 Å². The lowest BCUT2D eigenvalue weighted by Gasteiger charge is -2.29. The maximum absolute atomic E-state index is 4.74. The fourth-order valence-electron chi connectivity index (χ4n) is 3.47. The van der Waals surface area contributed by atoms with Crippen molar-refractivity contribution in [3.63, 3.8) is 0 Å². The third-order valence-corrected chi connectivity index (χ3v) is 4.79. The van der Waals surface area contributed by atoms with Crippen molar-refractivity contribution < 1.29 is 0 Å². The van der Waals surface area contributed by atoms with Crippen molar-refractivity contribution in [2.75, 3.05) is 23.3 Å². The molecular formula is C22H24N4. The van der Waals surface area contributed by atoms with Crippen molar-refractivity contribution >= 4 is 17.5 Å². The standard InChI is InChI=1S/C22H24N4/c1-2-8-18(9-3-1)10-6-15-23-21-14-16-24-22(25-21)26-17-7-12-19-11-4-5-13-20(19)26/h1-5,8-9,11,13-14,16H,6-7,10,12,15,17H2,(H,23,24,25). The first-order valence-electron chi connectivity index (χ1n) is 9.36. The molecule has 4 rings (SSSR count). The Morgan fingerprint density at radius 3 is 2.73 bits per heavy atom. The lowest BCUT2D eigenvalue weighted by molar-refractivity contribution is 0.750. The zero-order chi connectivity index (χ0) is 17.6. The van der Waals surface area contributed by atoms with E-state index in [-0.39, 0.29) is 0 Å². The first-order valence-corrected chi connectivity index (χ1v) is 9.36. The van der Waals surface area contributed by atoms with E-state index in [4.69, 9.17) is 4.98 Å². The topological polar surface area (TPSA) is 41.1 Å². The van der Waals surface area contributed by atoms with E-state index < -0.39 is 0 Å². The Kier molecular flexibility index (Phi) is 5.10. The minimum atomic E-state index is 0.783. The van der Waals surface area contributed by atoms with Crippen LogP contribution in [-0.4, -0.2) is 23.1 Å². The number of aromatic nitrogens is 2. The second kappa shape index (κ2) is 8.00. The summed E-state index contributed by atoms with van der Waals surface area (Å²) in [6.45, 7) is 1.87. The largest absolute Gasteiger partial charge is 0.370 e. The van der Waals surface area contributed by atoms with E-state index in [2.05, 4.69) is 69.8 Å². The Labute approximate surface area is 154 Å². The molecule has 4 heteroatoms. The van der Waals surface area contributed by atoms with Crippen LogP contribution in [0.25, 0.3) is 0 Å². The SMILES string of the molecule is c1ccc(CCCNc2ccnc(N3CCCc4ccccc43)n2)cc1. The van der Waals surface area contributed by atoms with E-state index in [0.717, 1.165) is 50.5 Å². The molecule has 2 aromatic carbocycles. The number of benzene rings is 2. The number of hydrogen-bond donors (Lipinski definition) is 1. The van der Waals surface area contributed by atoms with Crippen LogP contribution in [0.5, 0.6) is 0 Å². The first-order chi connectivity index (χ1) is 12.9. The Balaban J connectivity index is 1.40. The molecular weight excluding hydrogens is 320 g/mol. The molecule has 0 amide bonds. The van der Waals surface area contributed by atoms with E-state index in [1.54, 1.807) is 0 Å². The molecule has 1 aliphatic heterocycles. The number of anilines is 3. The zero-order valence-electron chi connectivity index (χ0n) is 14.9. The van der Waals surface area contributed by atoms with Gasteiger partial charge in [-0.1, -0.05) is 48.5 Å². The van der Waals surface area contributed by atoms with Crippen molar-refractivity contribution in [1.82, 2.24) is 9.97 Å². The van der Waals surface area contributed by atoms with Crippen LogP contribution in [0.15, 0.2) is 66.9 Å². The average molecular weight is 344 g/mol. The number of nitrogens with one attached hydrogen (secondary N) is 1. The van der Waals surface area contributed by atoms with Crippen molar-refractivity contribution in [1.29, 1.82) is 0 Å². The summed E-state index contributed by atoms with van der Waals surface area (Å²) in [5.74, 6) is 1.68. The van der Waals surface area contributed by atoms with Crippen LogP contribution in [0, 0.1) is 0 Å². The van der Waals surface area contributed by atoms with E-state index in [9.17, 15) is 0 Å². The lowest BCUT2D eigenvalue weighted by Crippen LogP contribution is -2.26. The molecule has 0 aliphatic carbocycles. The minimum Gasteiger partial charge on any atom is -0.370 e. The summed E-state index contributed by atoms with van der Waals surface area (Å²) in [6, 6.07) is 21.1. The van der Waals surface area contributed by atoms with Gasteiger partial charge in [-0.3, -0.25) is 0 Å². The summed E-state index contributed by atoms with van der Waals surface area (Å²) in [5.41, 5.74) is 3.99. The molecule has 0 saturated carbocycles. The number of hydrogen-bond acceptors (Lipinski definition) is 4. The maximum Gasteiger partial charge on any atom is 0.231 e. The highest BCUT2D eigenvalue weighted by Gasteiger charge is 2.19. The molecule has 132 valence electrons. The molecule has 4 nitrogen and oxygen atoms in total. The van der Waals surface area contributed by atoms with Crippen LogP contribution < -0.4 is 10.2 Å². The van der Waals surface area contributed by atoms with Crippen molar-refractivity contribution in [2.45, 2.75) is 25.7 Å². The molecule has 26 heavy (non-hydrogen) atoms. The van der Waals surface area contributed by atoms with Crippen molar-refractivity contribution in [2.24, 2.45) is 0 Å². The molecule has 0 saturated heterocycles. The summed E-state index contributed by atoms with van der Waals surface area (Å²) in [5, 5.41) is 3.44. The second-order valence-electron chi connectivity index (χ2n) is 6.64. The predicted molar refractivity (Wildman–Crippen MR) is 107 cm³/mol. The number of nitrogens with zero attached hydrogens (tertiary/aromatic N) is 3. The highest BCUT2D eigenvalue weighted by atomic mass is 15.3. The van der Waals surface area contributed by atoms with Gasteiger partial charge in [-0.25, -0.2) is 4.98 Å². The average Bonchev–Trinajstić information content (AvgIpc) is 2.72. The summed E-state index contributed by atoms with van der Waals surface area (Å²) in [4.78, 5) is 11.5. The van der Waals surface area contributed by atoms with Gasteiger partial charge in [-0.05, 0) is 48.9 Å². The summed E-state index contributed by atoms with van der Waals surface area (Å²) in [6.07, 6.45) is 6.26. The van der Waals surface area contributed by atoms with Gasteiger partial charge >= 0.3 is 0 Å². The lowest BCUT2D eigenvalue weighted by atomic mass is 10.0. The van der Waals surface area contributed by atoms with Crippen LogP contribution >= 0.6 is 0 Å². The van der Waals surface area contributed by atoms with E-state index in [1.807, 2.05) is 12.3 Å². The molecule has 3 aromatic rings. The quantitative estimate of drug-likeness (QED) is 0.663. The van der Waals surface area contributed by atoms with Gasteiger partial charge in [-0.2, -0.15) is 4.98 Å². The van der Waals surface area contributed by atoms with Gasteiger partial charge in [0.05, 0.1) is 0 Å². The molecule has 0 radical (unpaired) electrons. The van der Waals surface area contributed by atoms with Crippen LogP contribution in [-0.2, 0) is 12.8 Å². The Morgan fingerprint density at radius 2 is 1.81 bits per heavy atom. The van der Waals surface area contributed by atoms with E-state index in [0.29, 0.717) is 0 Å². The molecule has 0 spiro atoms.